The Hall–Kier alpha value is -2.35. The number of thiophene rings is 1. The highest BCUT2D eigenvalue weighted by Gasteiger charge is 2.28. The van der Waals surface area contributed by atoms with Gasteiger partial charge in [0.1, 0.15) is 16.5 Å². The van der Waals surface area contributed by atoms with Gasteiger partial charge in [0.2, 0.25) is 5.91 Å². The second-order valence-corrected chi connectivity index (χ2v) is 13.7. The third-order valence-corrected chi connectivity index (χ3v) is 10.0. The van der Waals surface area contributed by atoms with Crippen LogP contribution >= 0.6 is 38.6 Å². The van der Waals surface area contributed by atoms with Crippen LogP contribution in [0.4, 0.5) is 5.00 Å². The lowest BCUT2D eigenvalue weighted by molar-refractivity contribution is -0.115. The summed E-state index contributed by atoms with van der Waals surface area (Å²) in [5.74, 6) is -4.00. The van der Waals surface area contributed by atoms with E-state index in [1.165, 1.54) is 22.7 Å². The number of fused-ring (bicyclic) bond motifs is 2. The molecule has 0 fully saturated rings. The summed E-state index contributed by atoms with van der Waals surface area (Å²) in [6.45, 7) is 1.89. The van der Waals surface area contributed by atoms with Crippen molar-refractivity contribution in [3.05, 3.63) is 43.5 Å². The van der Waals surface area contributed by atoms with Crippen LogP contribution in [0.5, 0.6) is 0 Å². The summed E-state index contributed by atoms with van der Waals surface area (Å²) in [5.41, 5.74) is 2.04. The molecule has 0 spiro atoms. The van der Waals surface area contributed by atoms with Gasteiger partial charge in [-0.2, -0.15) is 4.99 Å². The maximum atomic E-state index is 12.7. The highest BCUT2D eigenvalue weighted by Crippen LogP contribution is 2.38. The smallest absolute Gasteiger partial charge is 0.341 e. The fraction of sp³-hybridized carbons (Fsp3) is 0.417. The molecule has 1 N–H and O–H groups in total. The molecule has 2 aromatic heterocycles. The maximum absolute atomic E-state index is 12.7. The van der Waals surface area contributed by atoms with E-state index in [1.807, 2.05) is 18.2 Å². The number of halogens is 1. The summed E-state index contributed by atoms with van der Waals surface area (Å²) < 4.78 is 34.0. The van der Waals surface area contributed by atoms with Crippen LogP contribution < -0.4 is 10.1 Å². The summed E-state index contributed by atoms with van der Waals surface area (Å²) in [6, 6.07) is 5.62. The molecule has 13 heteroatoms. The van der Waals surface area contributed by atoms with Crippen LogP contribution in [-0.2, 0) is 44.1 Å². The Labute approximate surface area is 230 Å². The van der Waals surface area contributed by atoms with Gasteiger partial charge < -0.3 is 14.6 Å². The van der Waals surface area contributed by atoms with Crippen molar-refractivity contribution in [3.8, 4) is 0 Å². The second-order valence-electron chi connectivity index (χ2n) is 8.63. The summed E-state index contributed by atoms with van der Waals surface area (Å²) in [5, 5.41) is 2.89. The Kier molecular flexibility index (Phi) is 8.66. The number of benzene rings is 1. The van der Waals surface area contributed by atoms with Crippen molar-refractivity contribution in [2.75, 3.05) is 23.4 Å². The van der Waals surface area contributed by atoms with Crippen molar-refractivity contribution in [2.24, 2.45) is 12.0 Å². The van der Waals surface area contributed by atoms with Gasteiger partial charge in [-0.25, -0.2) is 13.2 Å². The molecule has 1 aliphatic carbocycles. The van der Waals surface area contributed by atoms with Crippen LogP contribution in [0.1, 0.15) is 47.0 Å². The topological polar surface area (TPSA) is 124 Å². The molecule has 0 radical (unpaired) electrons. The van der Waals surface area contributed by atoms with E-state index in [2.05, 4.69) is 26.2 Å². The number of hydrogen-bond donors (Lipinski definition) is 1. The van der Waals surface area contributed by atoms with Gasteiger partial charge in [-0.1, -0.05) is 33.7 Å². The molecule has 9 nitrogen and oxygen atoms in total. The normalized spacial score (nSPS) is 14.3. The first-order valence-corrected chi connectivity index (χ1v) is 16.0. The number of sulfone groups is 1. The molecule has 3 aromatic rings. The van der Waals surface area contributed by atoms with Crippen LogP contribution in [0.25, 0.3) is 10.2 Å². The Morgan fingerprint density at radius 3 is 2.65 bits per heavy atom. The van der Waals surface area contributed by atoms with E-state index in [-0.39, 0.29) is 6.61 Å². The molecule has 0 saturated heterocycles. The van der Waals surface area contributed by atoms with Gasteiger partial charge in [-0.05, 0) is 56.4 Å². The zero-order chi connectivity index (χ0) is 26.7. The predicted octanol–water partition coefficient (Wildman–Crippen LogP) is 3.99. The number of esters is 1. The number of amides is 2. The van der Waals surface area contributed by atoms with E-state index in [4.69, 9.17) is 4.74 Å². The molecular weight excluding hydrogens is 602 g/mol. The number of carbonyl (C=O) groups excluding carboxylic acids is 3. The van der Waals surface area contributed by atoms with Crippen molar-refractivity contribution in [2.45, 2.75) is 39.0 Å². The molecule has 2 heterocycles. The third-order valence-electron chi connectivity index (χ3n) is 5.84. The molecule has 2 amide bonds. The van der Waals surface area contributed by atoms with Gasteiger partial charge in [0.15, 0.2) is 14.6 Å². The van der Waals surface area contributed by atoms with Gasteiger partial charge in [-0.15, -0.1) is 11.3 Å². The molecule has 0 saturated carbocycles. The summed E-state index contributed by atoms with van der Waals surface area (Å²) >= 11 is 5.95. The van der Waals surface area contributed by atoms with Gasteiger partial charge in [-0.3, -0.25) is 9.59 Å². The zero-order valence-corrected chi connectivity index (χ0v) is 24.4. The largest absolute Gasteiger partial charge is 0.462 e. The SMILES string of the molecule is CCOC(=O)c1c(NC(=O)CS(=O)(=O)CC(=O)N=c2sc3cc(Br)ccc3n2C)sc2c1CCCCC2. The minimum atomic E-state index is -4.10. The Bertz CT molecular complexity index is 1550. The van der Waals surface area contributed by atoms with Crippen LogP contribution in [0.15, 0.2) is 27.7 Å². The summed E-state index contributed by atoms with van der Waals surface area (Å²) in [4.78, 5) is 43.2. The van der Waals surface area contributed by atoms with Crippen molar-refractivity contribution in [1.82, 2.24) is 4.57 Å². The van der Waals surface area contributed by atoms with Crippen LogP contribution in [0, 0.1) is 0 Å². The van der Waals surface area contributed by atoms with Gasteiger partial charge in [0.05, 0.1) is 22.4 Å². The average molecular weight is 629 g/mol. The van der Waals surface area contributed by atoms with Gasteiger partial charge >= 0.3 is 5.97 Å². The molecule has 4 rings (SSSR count). The summed E-state index contributed by atoms with van der Waals surface area (Å²) in [6.07, 6.45) is 4.47. The monoisotopic (exact) mass is 627 g/mol. The standard InChI is InChI=1S/C24H26BrN3O6S3/c1-3-34-23(31)21-15-7-5-4-6-8-17(15)35-22(21)26-19(29)12-37(32,33)13-20(30)27-24-28(2)16-10-9-14(25)11-18(16)36-24/h9-11H,3-8,12-13H2,1-2H3,(H,26,29). The number of ether oxygens (including phenoxy) is 1. The zero-order valence-electron chi connectivity index (χ0n) is 20.3. The minimum Gasteiger partial charge on any atom is -0.462 e. The van der Waals surface area contributed by atoms with Crippen molar-refractivity contribution < 1.29 is 27.5 Å². The van der Waals surface area contributed by atoms with E-state index >= 15 is 0 Å². The lowest BCUT2D eigenvalue weighted by Crippen LogP contribution is -2.28. The number of nitrogens with zero attached hydrogens (tertiary/aromatic N) is 2. The van der Waals surface area contributed by atoms with E-state index in [0.717, 1.165) is 50.8 Å². The molecule has 0 bridgehead atoms. The number of hydrogen-bond acceptors (Lipinski definition) is 8. The van der Waals surface area contributed by atoms with Gasteiger partial charge in [0.25, 0.3) is 5.91 Å². The third kappa shape index (κ3) is 6.57. The first-order chi connectivity index (χ1) is 17.6. The molecule has 0 aliphatic heterocycles. The van der Waals surface area contributed by atoms with Crippen LogP contribution in [-0.4, -0.2) is 48.9 Å². The molecule has 37 heavy (non-hydrogen) atoms. The Morgan fingerprint density at radius 2 is 1.89 bits per heavy atom. The number of thiazole rings is 1. The predicted molar refractivity (Wildman–Crippen MR) is 148 cm³/mol. The van der Waals surface area contributed by atoms with E-state index in [9.17, 15) is 22.8 Å². The fourth-order valence-corrected chi connectivity index (χ4v) is 8.10. The second kappa shape index (κ2) is 11.6. The molecular formula is C24H26BrN3O6S3. The van der Waals surface area contributed by atoms with Crippen molar-refractivity contribution in [3.63, 3.8) is 0 Å². The molecule has 0 atom stereocenters. The quantitative estimate of drug-likeness (QED) is 0.312. The highest BCUT2D eigenvalue weighted by molar-refractivity contribution is 9.10. The molecule has 1 aliphatic rings. The molecule has 0 unspecified atom stereocenters. The van der Waals surface area contributed by atoms with Gasteiger partial charge in [0, 0.05) is 16.4 Å². The summed E-state index contributed by atoms with van der Waals surface area (Å²) in [7, 11) is -2.36. The Morgan fingerprint density at radius 1 is 1.14 bits per heavy atom. The average Bonchev–Trinajstić information content (AvgIpc) is 3.18. The number of anilines is 1. The van der Waals surface area contributed by atoms with Crippen LogP contribution in [0.2, 0.25) is 0 Å². The number of nitrogens with one attached hydrogen (secondary N) is 1. The number of aromatic nitrogens is 1. The van der Waals surface area contributed by atoms with Crippen molar-refractivity contribution >= 4 is 81.4 Å². The maximum Gasteiger partial charge on any atom is 0.341 e. The lowest BCUT2D eigenvalue weighted by atomic mass is 10.1. The minimum absolute atomic E-state index is 0.186. The number of rotatable bonds is 7. The van der Waals surface area contributed by atoms with E-state index in [0.29, 0.717) is 21.8 Å². The fourth-order valence-electron chi connectivity index (χ4n) is 4.20. The number of carbonyl (C=O) groups is 3. The molecule has 1 aromatic carbocycles. The lowest BCUT2D eigenvalue weighted by Gasteiger charge is -2.08. The van der Waals surface area contributed by atoms with E-state index in [1.54, 1.807) is 18.5 Å². The van der Waals surface area contributed by atoms with Crippen molar-refractivity contribution in [1.29, 1.82) is 0 Å². The molecule has 198 valence electrons. The highest BCUT2D eigenvalue weighted by atomic mass is 79.9. The van der Waals surface area contributed by atoms with E-state index < -0.39 is 39.1 Å². The first kappa shape index (κ1) is 27.7. The Balaban J connectivity index is 1.49. The van der Waals surface area contributed by atoms with Crippen LogP contribution in [0.3, 0.4) is 0 Å². The first-order valence-electron chi connectivity index (χ1n) is 11.7. The number of aryl methyl sites for hydroxylation is 2.